The molecule has 0 bridgehead atoms. The van der Waals surface area contributed by atoms with Crippen LogP contribution in [0.2, 0.25) is 0 Å². The van der Waals surface area contributed by atoms with Crippen molar-refractivity contribution in [2.24, 2.45) is 0 Å². The molecule has 0 amide bonds. The molecule has 1 aromatic heterocycles. The van der Waals surface area contributed by atoms with E-state index in [4.69, 9.17) is 0 Å². The molecule has 0 aliphatic heterocycles. The van der Waals surface area contributed by atoms with E-state index < -0.39 is 0 Å². The Kier molecular flexibility index (Phi) is 3.79. The molecule has 0 aliphatic carbocycles. The first-order valence-electron chi connectivity index (χ1n) is 5.58. The molecule has 3 heteroatoms. The van der Waals surface area contributed by atoms with Crippen molar-refractivity contribution >= 4 is 21.7 Å². The van der Waals surface area contributed by atoms with E-state index in [1.165, 1.54) is 11.1 Å². The van der Waals surface area contributed by atoms with Crippen LogP contribution in [-0.4, -0.2) is 4.98 Å². The van der Waals surface area contributed by atoms with Crippen molar-refractivity contribution in [3.63, 3.8) is 0 Å². The number of pyridine rings is 1. The predicted molar refractivity (Wildman–Crippen MR) is 75.2 cm³/mol. The molecule has 1 heterocycles. The van der Waals surface area contributed by atoms with E-state index in [9.17, 15) is 0 Å². The summed E-state index contributed by atoms with van der Waals surface area (Å²) in [6.07, 6.45) is 0. The van der Waals surface area contributed by atoms with Crippen LogP contribution in [0.1, 0.15) is 16.8 Å². The quantitative estimate of drug-likeness (QED) is 0.922. The molecular weight excluding hydrogens is 276 g/mol. The number of halogens is 1. The smallest absolute Gasteiger partial charge is 0.126 e. The van der Waals surface area contributed by atoms with Gasteiger partial charge < -0.3 is 5.32 Å². The van der Waals surface area contributed by atoms with Gasteiger partial charge in [0.05, 0.1) is 0 Å². The Balaban J connectivity index is 2.07. The number of aryl methyl sites for hydroxylation is 2. The van der Waals surface area contributed by atoms with E-state index in [1.54, 1.807) is 0 Å². The van der Waals surface area contributed by atoms with Gasteiger partial charge in [0.2, 0.25) is 0 Å². The third kappa shape index (κ3) is 3.30. The Labute approximate surface area is 110 Å². The average Bonchev–Trinajstić information content (AvgIpc) is 2.28. The van der Waals surface area contributed by atoms with Gasteiger partial charge >= 0.3 is 0 Å². The maximum absolute atomic E-state index is 4.42. The molecule has 1 N–H and O–H groups in total. The standard InChI is InChI=1S/C14H15BrN2/c1-10-8-13(15)7-6-12(10)9-16-14-5-3-4-11(2)17-14/h3-8H,9H2,1-2H3,(H,16,17). The highest BCUT2D eigenvalue weighted by atomic mass is 79.9. The van der Waals surface area contributed by atoms with Gasteiger partial charge in [-0.2, -0.15) is 0 Å². The van der Waals surface area contributed by atoms with Crippen LogP contribution in [0.3, 0.4) is 0 Å². The third-order valence-electron chi connectivity index (χ3n) is 2.65. The second-order valence-electron chi connectivity index (χ2n) is 4.09. The summed E-state index contributed by atoms with van der Waals surface area (Å²) < 4.78 is 1.12. The number of hydrogen-bond acceptors (Lipinski definition) is 2. The van der Waals surface area contributed by atoms with Gasteiger partial charge in [0, 0.05) is 16.7 Å². The monoisotopic (exact) mass is 290 g/mol. The molecule has 1 aromatic carbocycles. The number of rotatable bonds is 3. The minimum absolute atomic E-state index is 0.801. The lowest BCUT2D eigenvalue weighted by Crippen LogP contribution is -2.03. The molecule has 17 heavy (non-hydrogen) atoms. The highest BCUT2D eigenvalue weighted by molar-refractivity contribution is 9.10. The van der Waals surface area contributed by atoms with E-state index in [0.717, 1.165) is 22.5 Å². The Hall–Kier alpha value is -1.35. The largest absolute Gasteiger partial charge is 0.366 e. The summed E-state index contributed by atoms with van der Waals surface area (Å²) in [7, 11) is 0. The van der Waals surface area contributed by atoms with Crippen LogP contribution in [0.15, 0.2) is 40.9 Å². The van der Waals surface area contributed by atoms with Crippen LogP contribution in [0, 0.1) is 13.8 Å². The molecule has 2 aromatic rings. The highest BCUT2D eigenvalue weighted by Crippen LogP contribution is 2.16. The van der Waals surface area contributed by atoms with Gasteiger partial charge in [-0.25, -0.2) is 4.98 Å². The first-order valence-corrected chi connectivity index (χ1v) is 6.37. The first kappa shape index (κ1) is 12.1. The zero-order valence-corrected chi connectivity index (χ0v) is 11.6. The van der Waals surface area contributed by atoms with E-state index in [-0.39, 0.29) is 0 Å². The second kappa shape index (κ2) is 5.32. The van der Waals surface area contributed by atoms with Gasteiger partial charge in [-0.1, -0.05) is 28.1 Å². The Morgan fingerprint density at radius 1 is 1.18 bits per heavy atom. The number of nitrogens with zero attached hydrogens (tertiary/aromatic N) is 1. The summed E-state index contributed by atoms with van der Waals surface area (Å²) in [5, 5.41) is 3.34. The maximum atomic E-state index is 4.42. The van der Waals surface area contributed by atoms with Gasteiger partial charge in [-0.05, 0) is 49.2 Å². The fourth-order valence-electron chi connectivity index (χ4n) is 1.68. The molecule has 0 aliphatic rings. The summed E-state index contributed by atoms with van der Waals surface area (Å²) in [6.45, 7) is 4.91. The lowest BCUT2D eigenvalue weighted by Gasteiger charge is -2.09. The lowest BCUT2D eigenvalue weighted by atomic mass is 10.1. The topological polar surface area (TPSA) is 24.9 Å². The van der Waals surface area contributed by atoms with Crippen molar-refractivity contribution in [1.82, 2.24) is 4.98 Å². The summed E-state index contributed by atoms with van der Waals surface area (Å²) in [5.41, 5.74) is 3.60. The molecule has 0 saturated heterocycles. The van der Waals surface area contributed by atoms with Crippen LogP contribution >= 0.6 is 15.9 Å². The van der Waals surface area contributed by atoms with Gasteiger partial charge in [0.1, 0.15) is 5.82 Å². The fourth-order valence-corrected chi connectivity index (χ4v) is 2.16. The molecule has 0 atom stereocenters. The van der Waals surface area contributed by atoms with E-state index in [0.29, 0.717) is 0 Å². The van der Waals surface area contributed by atoms with Gasteiger partial charge in [-0.15, -0.1) is 0 Å². The SMILES string of the molecule is Cc1cccc(NCc2ccc(Br)cc2C)n1. The number of hydrogen-bond donors (Lipinski definition) is 1. The summed E-state index contributed by atoms with van der Waals surface area (Å²) >= 11 is 3.47. The normalized spacial score (nSPS) is 10.3. The second-order valence-corrected chi connectivity index (χ2v) is 5.00. The molecule has 2 nitrogen and oxygen atoms in total. The first-order chi connectivity index (χ1) is 8.15. The Bertz CT molecular complexity index is 523. The average molecular weight is 291 g/mol. The molecule has 88 valence electrons. The van der Waals surface area contributed by atoms with Crippen LogP contribution in [0.4, 0.5) is 5.82 Å². The van der Waals surface area contributed by atoms with Crippen molar-refractivity contribution in [1.29, 1.82) is 0 Å². The minimum Gasteiger partial charge on any atom is -0.366 e. The fraction of sp³-hybridized carbons (Fsp3) is 0.214. The predicted octanol–water partition coefficient (Wildman–Crippen LogP) is 4.07. The Morgan fingerprint density at radius 2 is 2.00 bits per heavy atom. The molecule has 0 fully saturated rings. The van der Waals surface area contributed by atoms with Crippen molar-refractivity contribution < 1.29 is 0 Å². The van der Waals surface area contributed by atoms with Gasteiger partial charge in [0.15, 0.2) is 0 Å². The zero-order chi connectivity index (χ0) is 12.3. The van der Waals surface area contributed by atoms with Crippen molar-refractivity contribution in [3.05, 3.63) is 57.7 Å². The summed E-state index contributed by atoms with van der Waals surface area (Å²) in [6, 6.07) is 12.3. The number of aromatic nitrogens is 1. The van der Waals surface area contributed by atoms with E-state index in [1.807, 2.05) is 25.1 Å². The van der Waals surface area contributed by atoms with Gasteiger partial charge in [-0.3, -0.25) is 0 Å². The summed E-state index contributed by atoms with van der Waals surface area (Å²) in [4.78, 5) is 4.42. The van der Waals surface area contributed by atoms with E-state index >= 15 is 0 Å². The zero-order valence-electron chi connectivity index (χ0n) is 10.00. The van der Waals surface area contributed by atoms with Crippen LogP contribution in [0.5, 0.6) is 0 Å². The number of nitrogens with one attached hydrogen (secondary N) is 1. The molecular formula is C14H15BrN2. The number of anilines is 1. The molecule has 0 spiro atoms. The highest BCUT2D eigenvalue weighted by Gasteiger charge is 2.00. The Morgan fingerprint density at radius 3 is 2.71 bits per heavy atom. The van der Waals surface area contributed by atoms with Crippen LogP contribution in [-0.2, 0) is 6.54 Å². The lowest BCUT2D eigenvalue weighted by molar-refractivity contribution is 1.07. The van der Waals surface area contributed by atoms with Crippen LogP contribution in [0.25, 0.3) is 0 Å². The molecule has 0 radical (unpaired) electrons. The molecule has 0 unspecified atom stereocenters. The van der Waals surface area contributed by atoms with Crippen molar-refractivity contribution in [2.75, 3.05) is 5.32 Å². The third-order valence-corrected chi connectivity index (χ3v) is 3.15. The summed E-state index contributed by atoms with van der Waals surface area (Å²) in [5.74, 6) is 0.923. The molecule has 0 saturated carbocycles. The van der Waals surface area contributed by atoms with Crippen molar-refractivity contribution in [3.8, 4) is 0 Å². The van der Waals surface area contributed by atoms with Crippen LogP contribution < -0.4 is 5.32 Å². The minimum atomic E-state index is 0.801. The van der Waals surface area contributed by atoms with Gasteiger partial charge in [0.25, 0.3) is 0 Å². The molecule has 2 rings (SSSR count). The number of benzene rings is 1. The van der Waals surface area contributed by atoms with Crippen molar-refractivity contribution in [2.45, 2.75) is 20.4 Å². The maximum Gasteiger partial charge on any atom is 0.126 e. The van der Waals surface area contributed by atoms with E-state index in [2.05, 4.69) is 51.4 Å².